The van der Waals surface area contributed by atoms with Crippen LogP contribution in [0.4, 0.5) is 13.2 Å². The zero-order chi connectivity index (χ0) is 23.6. The maximum absolute atomic E-state index is 12.9. The molecular formula is C21H22BrClF3N5O. The van der Waals surface area contributed by atoms with Gasteiger partial charge in [-0.2, -0.15) is 23.4 Å². The van der Waals surface area contributed by atoms with Gasteiger partial charge < -0.3 is 5.32 Å². The molecule has 32 heavy (non-hydrogen) atoms. The molecule has 2 heterocycles. The molecule has 3 aromatic rings. The van der Waals surface area contributed by atoms with Crippen molar-refractivity contribution in [3.8, 4) is 0 Å². The molecule has 0 fully saturated rings. The summed E-state index contributed by atoms with van der Waals surface area (Å²) in [6, 6.07) is 7.23. The van der Waals surface area contributed by atoms with Gasteiger partial charge in [-0.05, 0) is 60.8 Å². The van der Waals surface area contributed by atoms with Crippen molar-refractivity contribution < 1.29 is 18.0 Å². The minimum absolute atomic E-state index is 0.203. The summed E-state index contributed by atoms with van der Waals surface area (Å²) in [5.41, 5.74) is 2.48. The molecule has 0 bridgehead atoms. The van der Waals surface area contributed by atoms with Crippen molar-refractivity contribution >= 4 is 33.4 Å². The van der Waals surface area contributed by atoms with Gasteiger partial charge in [-0.3, -0.25) is 14.2 Å². The summed E-state index contributed by atoms with van der Waals surface area (Å²) in [4.78, 5) is 12.5. The van der Waals surface area contributed by atoms with Crippen molar-refractivity contribution in [1.29, 1.82) is 0 Å². The summed E-state index contributed by atoms with van der Waals surface area (Å²) in [5.74, 6) is -0.257. The molecule has 3 rings (SSSR count). The van der Waals surface area contributed by atoms with Crippen LogP contribution in [-0.4, -0.2) is 32.0 Å². The number of carbonyl (C=O) groups excluding carboxylic acids is 1. The molecule has 0 saturated carbocycles. The standard InChI is InChI=1S/C21H22BrClF3N5O/c1-12-17(22)13(2)31(28-12)11-15-6-4-7-16(10-15)20(32)27-8-5-9-30-14(3)18(23)19(29-30)21(24,25)26/h4,6-7,10H,5,8-9,11H2,1-3H3,(H,27,32). The number of carbonyl (C=O) groups is 1. The van der Waals surface area contributed by atoms with E-state index in [1.165, 1.54) is 11.6 Å². The zero-order valence-electron chi connectivity index (χ0n) is 17.7. The summed E-state index contributed by atoms with van der Waals surface area (Å²) in [5, 5.41) is 10.4. The van der Waals surface area contributed by atoms with Crippen LogP contribution in [0.1, 0.15) is 45.1 Å². The molecule has 0 atom stereocenters. The van der Waals surface area contributed by atoms with Crippen molar-refractivity contribution in [3.63, 3.8) is 0 Å². The number of amides is 1. The van der Waals surface area contributed by atoms with Crippen molar-refractivity contribution in [2.24, 2.45) is 0 Å². The fourth-order valence-electron chi connectivity index (χ4n) is 3.27. The van der Waals surface area contributed by atoms with Crippen molar-refractivity contribution in [2.45, 2.75) is 46.5 Å². The first kappa shape index (κ1) is 24.3. The molecule has 0 spiro atoms. The summed E-state index contributed by atoms with van der Waals surface area (Å²) in [6.45, 7) is 6.38. The van der Waals surface area contributed by atoms with Gasteiger partial charge in [0.2, 0.25) is 0 Å². The Hall–Kier alpha value is -2.33. The van der Waals surface area contributed by atoms with Crippen LogP contribution in [0.3, 0.4) is 0 Å². The molecular weight excluding hydrogens is 511 g/mol. The van der Waals surface area contributed by atoms with Crippen LogP contribution in [0, 0.1) is 20.8 Å². The lowest BCUT2D eigenvalue weighted by molar-refractivity contribution is -0.141. The zero-order valence-corrected chi connectivity index (χ0v) is 20.1. The van der Waals surface area contributed by atoms with E-state index in [-0.39, 0.29) is 24.7 Å². The average Bonchev–Trinajstić information content (AvgIpc) is 3.16. The third-order valence-corrected chi connectivity index (χ3v) is 6.65. The second-order valence-corrected chi connectivity index (χ2v) is 8.59. The molecule has 0 unspecified atom stereocenters. The fourth-order valence-corrected chi connectivity index (χ4v) is 3.80. The van der Waals surface area contributed by atoms with Crippen LogP contribution in [0.5, 0.6) is 0 Å². The number of hydrogen-bond acceptors (Lipinski definition) is 3. The van der Waals surface area contributed by atoms with E-state index < -0.39 is 16.9 Å². The summed E-state index contributed by atoms with van der Waals surface area (Å²) < 4.78 is 42.8. The highest BCUT2D eigenvalue weighted by Gasteiger charge is 2.38. The molecule has 1 N–H and O–H groups in total. The van der Waals surface area contributed by atoms with Gasteiger partial charge in [-0.15, -0.1) is 0 Å². The van der Waals surface area contributed by atoms with Gasteiger partial charge in [0.05, 0.1) is 33.1 Å². The smallest absolute Gasteiger partial charge is 0.352 e. The van der Waals surface area contributed by atoms with Crippen LogP contribution >= 0.6 is 27.5 Å². The van der Waals surface area contributed by atoms with Gasteiger partial charge in [0.25, 0.3) is 5.91 Å². The van der Waals surface area contributed by atoms with E-state index in [1.807, 2.05) is 24.6 Å². The quantitative estimate of drug-likeness (QED) is 0.420. The van der Waals surface area contributed by atoms with Gasteiger partial charge in [0.1, 0.15) is 0 Å². The third kappa shape index (κ3) is 5.35. The number of halogens is 5. The van der Waals surface area contributed by atoms with E-state index in [0.29, 0.717) is 18.5 Å². The lowest BCUT2D eigenvalue weighted by Gasteiger charge is -2.09. The lowest BCUT2D eigenvalue weighted by Crippen LogP contribution is -2.25. The van der Waals surface area contributed by atoms with Crippen molar-refractivity contribution in [3.05, 3.63) is 67.7 Å². The molecule has 1 amide bonds. The summed E-state index contributed by atoms with van der Waals surface area (Å²) in [7, 11) is 0. The number of nitrogens with zero attached hydrogens (tertiary/aromatic N) is 4. The van der Waals surface area contributed by atoms with Crippen LogP contribution < -0.4 is 5.32 Å². The minimum atomic E-state index is -4.60. The SMILES string of the molecule is Cc1nn(Cc2cccc(C(=O)NCCCn3nc(C(F)(F)F)c(Cl)c3C)c2)c(C)c1Br. The topological polar surface area (TPSA) is 64.7 Å². The highest BCUT2D eigenvalue weighted by Crippen LogP contribution is 2.35. The van der Waals surface area contributed by atoms with Crippen LogP contribution in [0.2, 0.25) is 5.02 Å². The maximum atomic E-state index is 12.9. The molecule has 172 valence electrons. The highest BCUT2D eigenvalue weighted by atomic mass is 79.9. The van der Waals surface area contributed by atoms with Gasteiger partial charge in [-0.1, -0.05) is 23.7 Å². The molecule has 11 heteroatoms. The molecule has 0 radical (unpaired) electrons. The number of hydrogen-bond donors (Lipinski definition) is 1. The molecule has 6 nitrogen and oxygen atoms in total. The first-order chi connectivity index (χ1) is 15.0. The second-order valence-electron chi connectivity index (χ2n) is 7.42. The van der Waals surface area contributed by atoms with E-state index in [4.69, 9.17) is 11.6 Å². The van der Waals surface area contributed by atoms with E-state index in [1.54, 1.807) is 18.2 Å². The Morgan fingerprint density at radius 3 is 2.47 bits per heavy atom. The largest absolute Gasteiger partial charge is 0.436 e. The fraction of sp³-hybridized carbons (Fsp3) is 0.381. The van der Waals surface area contributed by atoms with Crippen LogP contribution in [0.25, 0.3) is 0 Å². The first-order valence-electron chi connectivity index (χ1n) is 9.85. The Kier molecular flexibility index (Phi) is 7.34. The third-order valence-electron chi connectivity index (χ3n) is 5.05. The average molecular weight is 533 g/mol. The van der Waals surface area contributed by atoms with E-state index in [2.05, 4.69) is 31.4 Å². The van der Waals surface area contributed by atoms with Gasteiger partial charge in [-0.25, -0.2) is 0 Å². The highest BCUT2D eigenvalue weighted by molar-refractivity contribution is 9.10. The van der Waals surface area contributed by atoms with Crippen molar-refractivity contribution in [2.75, 3.05) is 6.54 Å². The molecule has 0 aliphatic heterocycles. The molecule has 1 aromatic carbocycles. The van der Waals surface area contributed by atoms with Crippen LogP contribution in [-0.2, 0) is 19.3 Å². The minimum Gasteiger partial charge on any atom is -0.352 e. The number of aryl methyl sites for hydroxylation is 2. The number of aromatic nitrogens is 4. The van der Waals surface area contributed by atoms with Crippen molar-refractivity contribution in [1.82, 2.24) is 24.9 Å². The number of nitrogens with one attached hydrogen (secondary N) is 1. The Morgan fingerprint density at radius 2 is 1.88 bits per heavy atom. The lowest BCUT2D eigenvalue weighted by atomic mass is 10.1. The van der Waals surface area contributed by atoms with Gasteiger partial charge >= 0.3 is 6.18 Å². The number of alkyl halides is 3. The summed E-state index contributed by atoms with van der Waals surface area (Å²) >= 11 is 9.26. The Balaban J connectivity index is 1.57. The predicted octanol–water partition coefficient (Wildman–Crippen LogP) is 5.31. The Morgan fingerprint density at radius 1 is 1.16 bits per heavy atom. The second kappa shape index (κ2) is 9.66. The monoisotopic (exact) mass is 531 g/mol. The normalized spacial score (nSPS) is 11.8. The Labute approximate surface area is 196 Å². The number of rotatable bonds is 7. The molecule has 0 aliphatic carbocycles. The molecule has 2 aromatic heterocycles. The van der Waals surface area contributed by atoms with E-state index in [9.17, 15) is 18.0 Å². The van der Waals surface area contributed by atoms with Gasteiger partial charge in [0, 0.05) is 18.7 Å². The van der Waals surface area contributed by atoms with E-state index in [0.717, 1.165) is 21.4 Å². The van der Waals surface area contributed by atoms with Gasteiger partial charge in [0.15, 0.2) is 5.69 Å². The van der Waals surface area contributed by atoms with E-state index >= 15 is 0 Å². The summed E-state index contributed by atoms with van der Waals surface area (Å²) in [6.07, 6.45) is -4.20. The first-order valence-corrected chi connectivity index (χ1v) is 11.0. The maximum Gasteiger partial charge on any atom is 0.436 e. The Bertz CT molecular complexity index is 1140. The van der Waals surface area contributed by atoms with Crippen LogP contribution in [0.15, 0.2) is 28.7 Å². The predicted molar refractivity (Wildman–Crippen MR) is 119 cm³/mol. The molecule has 0 saturated heterocycles. The number of benzene rings is 1. The molecule has 0 aliphatic rings.